The van der Waals surface area contributed by atoms with Gasteiger partial charge in [0.05, 0.1) is 3.70 Å². The van der Waals surface area contributed by atoms with Gasteiger partial charge in [-0.1, -0.05) is 0 Å². The lowest BCUT2D eigenvalue weighted by Gasteiger charge is -1.99. The molecule has 0 bridgehead atoms. The highest BCUT2D eigenvalue weighted by atomic mass is 127. The van der Waals surface area contributed by atoms with Gasteiger partial charge in [-0.2, -0.15) is 0 Å². The molecule has 4 nitrogen and oxygen atoms in total. The van der Waals surface area contributed by atoms with Gasteiger partial charge in [0.2, 0.25) is 0 Å². The van der Waals surface area contributed by atoms with Crippen LogP contribution in [-0.2, 0) is 0 Å². The zero-order chi connectivity index (χ0) is 11.8. The van der Waals surface area contributed by atoms with E-state index in [4.69, 9.17) is 0 Å². The van der Waals surface area contributed by atoms with Crippen LogP contribution in [0.1, 0.15) is 5.56 Å². The van der Waals surface area contributed by atoms with Gasteiger partial charge in [-0.05, 0) is 41.1 Å². The number of aromatic amines is 1. The van der Waals surface area contributed by atoms with Gasteiger partial charge in [-0.15, -0.1) is 0 Å². The second-order valence-corrected chi connectivity index (χ2v) is 4.93. The van der Waals surface area contributed by atoms with E-state index < -0.39 is 0 Å². The molecule has 3 aromatic rings. The number of nitrogens with zero attached hydrogens (tertiary/aromatic N) is 3. The quantitative estimate of drug-likeness (QED) is 0.695. The minimum Gasteiger partial charge on any atom is -0.334 e. The average Bonchev–Trinajstić information content (AvgIpc) is 2.65. The molecular formula is C12H9IN4. The predicted octanol–water partition coefficient (Wildman–Crippen LogP) is 2.93. The Morgan fingerprint density at radius 1 is 1.18 bits per heavy atom. The van der Waals surface area contributed by atoms with E-state index >= 15 is 0 Å². The second-order valence-electron chi connectivity index (χ2n) is 3.85. The van der Waals surface area contributed by atoms with E-state index in [1.807, 2.05) is 25.5 Å². The van der Waals surface area contributed by atoms with E-state index in [1.165, 1.54) is 6.33 Å². The van der Waals surface area contributed by atoms with Crippen LogP contribution in [0.3, 0.4) is 0 Å². The number of aryl methyl sites for hydroxylation is 1. The van der Waals surface area contributed by atoms with Gasteiger partial charge in [0.1, 0.15) is 12.0 Å². The highest BCUT2D eigenvalue weighted by molar-refractivity contribution is 14.1. The van der Waals surface area contributed by atoms with Gasteiger partial charge in [-0.25, -0.2) is 15.0 Å². The Morgan fingerprint density at radius 2 is 1.94 bits per heavy atom. The number of hydrogen-bond donors (Lipinski definition) is 1. The molecule has 0 fully saturated rings. The molecule has 0 aliphatic rings. The summed E-state index contributed by atoms with van der Waals surface area (Å²) in [6, 6.07) is 2.13. The first-order valence-electron chi connectivity index (χ1n) is 5.15. The summed E-state index contributed by atoms with van der Waals surface area (Å²) in [4.78, 5) is 15.8. The fraction of sp³-hybridized carbons (Fsp3) is 0.0833. The van der Waals surface area contributed by atoms with Crippen molar-refractivity contribution < 1.29 is 0 Å². The van der Waals surface area contributed by atoms with Crippen LogP contribution in [0.4, 0.5) is 0 Å². The number of fused-ring (bicyclic) bond motifs is 1. The SMILES string of the molecule is Cc1cnc2[nH]c(I)c(-c3cncnc3)c2c1. The van der Waals surface area contributed by atoms with Crippen molar-refractivity contribution in [2.45, 2.75) is 6.92 Å². The van der Waals surface area contributed by atoms with Gasteiger partial charge < -0.3 is 4.98 Å². The van der Waals surface area contributed by atoms with E-state index in [2.05, 4.69) is 48.6 Å². The van der Waals surface area contributed by atoms with Crippen LogP contribution in [0.5, 0.6) is 0 Å². The summed E-state index contributed by atoms with van der Waals surface area (Å²) in [6.45, 7) is 2.04. The summed E-state index contributed by atoms with van der Waals surface area (Å²) >= 11 is 2.28. The molecule has 5 heteroatoms. The maximum absolute atomic E-state index is 4.39. The van der Waals surface area contributed by atoms with Crippen LogP contribution >= 0.6 is 22.6 Å². The number of pyridine rings is 1. The normalized spacial score (nSPS) is 10.9. The van der Waals surface area contributed by atoms with Crippen LogP contribution in [-0.4, -0.2) is 19.9 Å². The second kappa shape index (κ2) is 4.06. The lowest BCUT2D eigenvalue weighted by Crippen LogP contribution is -1.83. The molecule has 0 amide bonds. The molecule has 0 atom stereocenters. The van der Waals surface area contributed by atoms with E-state index in [0.717, 1.165) is 31.4 Å². The Bertz CT molecular complexity index is 676. The summed E-state index contributed by atoms with van der Waals surface area (Å²) < 4.78 is 1.06. The smallest absolute Gasteiger partial charge is 0.138 e. The van der Waals surface area contributed by atoms with Crippen LogP contribution in [0.25, 0.3) is 22.2 Å². The Hall–Kier alpha value is -1.50. The fourth-order valence-corrected chi connectivity index (χ4v) is 2.71. The molecule has 3 rings (SSSR count). The number of H-pyrrole nitrogens is 1. The molecule has 0 aromatic carbocycles. The van der Waals surface area contributed by atoms with Gasteiger partial charge in [-0.3, -0.25) is 0 Å². The third-order valence-electron chi connectivity index (χ3n) is 2.59. The van der Waals surface area contributed by atoms with E-state index in [9.17, 15) is 0 Å². The highest BCUT2D eigenvalue weighted by Gasteiger charge is 2.12. The van der Waals surface area contributed by atoms with Gasteiger partial charge in [0.25, 0.3) is 0 Å². The van der Waals surface area contributed by atoms with Crippen molar-refractivity contribution in [3.05, 3.63) is 40.2 Å². The van der Waals surface area contributed by atoms with E-state index in [-0.39, 0.29) is 0 Å². The first-order valence-corrected chi connectivity index (χ1v) is 6.23. The Balaban J connectivity index is 2.35. The minimum atomic E-state index is 0.902. The van der Waals surface area contributed by atoms with Crippen molar-refractivity contribution in [2.24, 2.45) is 0 Å². The fourth-order valence-electron chi connectivity index (χ4n) is 1.85. The first kappa shape index (κ1) is 10.6. The topological polar surface area (TPSA) is 54.5 Å². The van der Waals surface area contributed by atoms with Crippen LogP contribution in [0.15, 0.2) is 31.0 Å². The third kappa shape index (κ3) is 1.80. The summed E-state index contributed by atoms with van der Waals surface area (Å²) in [6.07, 6.45) is 7.04. The summed E-state index contributed by atoms with van der Waals surface area (Å²) in [7, 11) is 0. The van der Waals surface area contributed by atoms with E-state index in [0.29, 0.717) is 0 Å². The van der Waals surface area contributed by atoms with Crippen molar-refractivity contribution in [3.63, 3.8) is 0 Å². The molecule has 84 valence electrons. The van der Waals surface area contributed by atoms with Crippen molar-refractivity contribution in [2.75, 3.05) is 0 Å². The maximum Gasteiger partial charge on any atom is 0.138 e. The lowest BCUT2D eigenvalue weighted by molar-refractivity contribution is 1.17. The predicted molar refractivity (Wildman–Crippen MR) is 74.6 cm³/mol. The number of rotatable bonds is 1. The number of halogens is 1. The molecule has 0 radical (unpaired) electrons. The average molecular weight is 336 g/mol. The Morgan fingerprint density at radius 3 is 2.71 bits per heavy atom. The van der Waals surface area contributed by atoms with Crippen molar-refractivity contribution in [1.29, 1.82) is 0 Å². The van der Waals surface area contributed by atoms with Crippen LogP contribution in [0.2, 0.25) is 0 Å². The molecule has 1 N–H and O–H groups in total. The first-order chi connectivity index (χ1) is 8.25. The Kier molecular flexibility index (Phi) is 2.54. The molecule has 0 aliphatic carbocycles. The Labute approximate surface area is 112 Å². The maximum atomic E-state index is 4.39. The monoisotopic (exact) mass is 336 g/mol. The molecule has 0 saturated carbocycles. The zero-order valence-corrected chi connectivity index (χ0v) is 11.3. The summed E-state index contributed by atoms with van der Waals surface area (Å²) in [5.41, 5.74) is 4.18. The van der Waals surface area contributed by atoms with Gasteiger partial charge in [0, 0.05) is 35.1 Å². The summed E-state index contributed by atoms with van der Waals surface area (Å²) in [5, 5.41) is 1.12. The van der Waals surface area contributed by atoms with Gasteiger partial charge >= 0.3 is 0 Å². The van der Waals surface area contributed by atoms with E-state index in [1.54, 1.807) is 0 Å². The van der Waals surface area contributed by atoms with Crippen LogP contribution in [0, 0.1) is 10.6 Å². The van der Waals surface area contributed by atoms with Crippen LogP contribution < -0.4 is 0 Å². The summed E-state index contributed by atoms with van der Waals surface area (Å²) in [5.74, 6) is 0. The zero-order valence-electron chi connectivity index (χ0n) is 9.11. The van der Waals surface area contributed by atoms with Crippen molar-refractivity contribution >= 4 is 33.6 Å². The number of aromatic nitrogens is 4. The van der Waals surface area contributed by atoms with Gasteiger partial charge in [0.15, 0.2) is 0 Å². The number of hydrogen-bond acceptors (Lipinski definition) is 3. The standard InChI is InChI=1S/C12H9IN4/c1-7-2-9-10(8-4-14-6-15-5-8)11(13)17-12(9)16-3-7/h2-6H,1H3,(H,16,17). The molecule has 3 heterocycles. The molecule has 0 spiro atoms. The largest absolute Gasteiger partial charge is 0.334 e. The molecule has 0 saturated heterocycles. The minimum absolute atomic E-state index is 0.902. The third-order valence-corrected chi connectivity index (χ3v) is 3.40. The number of nitrogens with one attached hydrogen (secondary N) is 1. The molecule has 17 heavy (non-hydrogen) atoms. The van der Waals surface area contributed by atoms with Crippen molar-refractivity contribution in [1.82, 2.24) is 19.9 Å². The highest BCUT2D eigenvalue weighted by Crippen LogP contribution is 2.31. The molecular weight excluding hydrogens is 327 g/mol. The lowest BCUT2D eigenvalue weighted by atomic mass is 10.1. The van der Waals surface area contributed by atoms with Crippen molar-refractivity contribution in [3.8, 4) is 11.1 Å². The molecule has 3 aromatic heterocycles. The molecule has 0 aliphatic heterocycles. The molecule has 0 unspecified atom stereocenters.